The van der Waals surface area contributed by atoms with Gasteiger partial charge in [-0.05, 0) is 118 Å². The van der Waals surface area contributed by atoms with Gasteiger partial charge in [-0.3, -0.25) is 47.9 Å². The first-order valence-electron chi connectivity index (χ1n) is 28.2. The van der Waals surface area contributed by atoms with Crippen molar-refractivity contribution in [2.24, 2.45) is 35.0 Å². The molecular formula is C57H92N12O12S. The summed E-state index contributed by atoms with van der Waals surface area (Å²) in [6.45, 7) is 13.4. The average molecular weight is 1170 g/mol. The third kappa shape index (κ3) is 25.1. The first-order chi connectivity index (χ1) is 38.8. The summed E-state index contributed by atoms with van der Waals surface area (Å²) in [4.78, 5) is 137. The first kappa shape index (κ1) is 71.3. The van der Waals surface area contributed by atoms with Crippen molar-refractivity contribution in [3.8, 4) is 5.75 Å². The van der Waals surface area contributed by atoms with Crippen LogP contribution in [-0.4, -0.2) is 155 Å². The Kier molecular flexibility index (Phi) is 32.4. The van der Waals surface area contributed by atoms with Crippen molar-refractivity contribution < 1.29 is 58.2 Å². The van der Waals surface area contributed by atoms with Crippen LogP contribution in [0.4, 0.5) is 0 Å². The molecule has 0 saturated carbocycles. The maximum atomic E-state index is 14.6. The Balaban J connectivity index is 2.47. The van der Waals surface area contributed by atoms with Gasteiger partial charge in [0.2, 0.25) is 59.1 Å². The molecule has 2 rings (SSSR count). The Labute approximate surface area is 486 Å². The molecule has 0 aliphatic heterocycles. The van der Waals surface area contributed by atoms with Crippen LogP contribution in [0.3, 0.4) is 0 Å². The number of rotatable bonds is 38. The molecule has 25 heteroatoms. The molecule has 0 aromatic heterocycles. The fourth-order valence-corrected chi connectivity index (χ4v) is 9.13. The Morgan fingerprint density at radius 1 is 0.488 bits per heavy atom. The topological polar surface area (TPSA) is 397 Å². The van der Waals surface area contributed by atoms with Crippen LogP contribution in [0.25, 0.3) is 0 Å². The highest BCUT2D eigenvalue weighted by atomic mass is 32.2. The molecule has 0 radical (unpaired) electrons. The summed E-state index contributed by atoms with van der Waals surface area (Å²) in [6.07, 6.45) is 2.91. The number of benzene rings is 2. The largest absolute Gasteiger partial charge is 0.508 e. The van der Waals surface area contributed by atoms with Gasteiger partial charge in [0.15, 0.2) is 0 Å². The Bertz CT molecular complexity index is 2380. The van der Waals surface area contributed by atoms with Crippen molar-refractivity contribution in [1.82, 2.24) is 47.9 Å². The van der Waals surface area contributed by atoms with Crippen LogP contribution < -0.4 is 65.1 Å². The Morgan fingerprint density at radius 2 is 0.878 bits per heavy atom. The van der Waals surface area contributed by atoms with E-state index in [4.69, 9.17) is 17.2 Å². The zero-order chi connectivity index (χ0) is 61.6. The predicted molar refractivity (Wildman–Crippen MR) is 314 cm³/mol. The van der Waals surface area contributed by atoms with Crippen LogP contribution in [0, 0.1) is 17.8 Å². The minimum atomic E-state index is -1.55. The number of phenolic OH excluding ortho intramolecular Hbond substituents is 1. The molecule has 458 valence electrons. The van der Waals surface area contributed by atoms with Gasteiger partial charge >= 0.3 is 0 Å². The number of carbonyl (C=O) groups excluding carboxylic acids is 10. The highest BCUT2D eigenvalue weighted by Gasteiger charge is 2.38. The van der Waals surface area contributed by atoms with Crippen molar-refractivity contribution in [2.75, 3.05) is 25.1 Å². The molecule has 11 atom stereocenters. The monoisotopic (exact) mass is 1170 g/mol. The number of phenols is 1. The molecule has 0 saturated heterocycles. The molecule has 2 aromatic carbocycles. The van der Waals surface area contributed by atoms with E-state index in [1.165, 1.54) is 37.7 Å². The average Bonchev–Trinajstić information content (AvgIpc) is 3.49. The standard InChI is InChI=1S/C57H92N12O12S/c1-10-34(6)47(61-36(8)71)56(80)69-48(35(7)70)57(81)64-42(26-29-82-9)50(74)65-43(30-37-18-12-11-13-19-37)53(77)63-41(21-15-17-28-59)51(75)67-46(33(4)5)55(79)68-45(32(2)3)54(78)66-44(31-38-22-24-39(72)25-23-38)52(76)62-40(49(60)73)20-14-16-27-58/h11-13,18-19,22-25,32-35,40-48,70,72H,10,14-17,20-21,26-31,58-59H2,1-9H3,(H2,60,73)(H,61,71)(H,62,76)(H,63,77)(H,64,81)(H,65,74)(H,66,78)(H,67,75)(H,68,79)(H,69,80)/t34-,35+,40-,41-,42-,43-,44-,45-,46-,47-,48-/m0/s1. The van der Waals surface area contributed by atoms with Crippen LogP contribution in [0.1, 0.15) is 118 Å². The number of unbranched alkanes of at least 4 members (excludes halogenated alkanes) is 2. The number of hydrogen-bond acceptors (Lipinski definition) is 15. The second kappa shape index (κ2) is 37.3. The summed E-state index contributed by atoms with van der Waals surface area (Å²) in [5.41, 5.74) is 18.3. The van der Waals surface area contributed by atoms with Crippen molar-refractivity contribution in [3.63, 3.8) is 0 Å². The molecule has 24 nitrogen and oxygen atoms in total. The van der Waals surface area contributed by atoms with E-state index in [9.17, 15) is 58.2 Å². The quantitative estimate of drug-likeness (QED) is 0.0387. The van der Waals surface area contributed by atoms with E-state index in [1.807, 2.05) is 6.92 Å². The van der Waals surface area contributed by atoms with Gasteiger partial charge in [-0.15, -0.1) is 0 Å². The second-order valence-electron chi connectivity index (χ2n) is 21.4. The number of aromatic hydroxyl groups is 1. The first-order valence-corrected chi connectivity index (χ1v) is 29.6. The number of aliphatic hydroxyl groups is 1. The molecule has 0 fully saturated rings. The van der Waals surface area contributed by atoms with E-state index in [-0.39, 0.29) is 50.3 Å². The van der Waals surface area contributed by atoms with Crippen molar-refractivity contribution in [3.05, 3.63) is 65.7 Å². The van der Waals surface area contributed by atoms with Gasteiger partial charge in [0, 0.05) is 19.8 Å². The summed E-state index contributed by atoms with van der Waals surface area (Å²) in [7, 11) is 0. The van der Waals surface area contributed by atoms with Crippen LogP contribution in [0.2, 0.25) is 0 Å². The molecule has 0 aliphatic rings. The van der Waals surface area contributed by atoms with Gasteiger partial charge in [0.05, 0.1) is 6.10 Å². The SMILES string of the molecule is CC[C@H](C)[C@H](NC(C)=O)C(=O)N[C@H](C(=O)N[C@@H](CCSC)C(=O)N[C@@H](Cc1ccccc1)C(=O)N[C@@H](CCCCN)C(=O)N[C@H](C(=O)N[C@H](C(=O)N[C@@H](Cc1ccc(O)cc1)C(=O)N[C@@H](CCCCN)C(N)=O)C(C)C)C(C)C)[C@@H](C)O. The summed E-state index contributed by atoms with van der Waals surface area (Å²) >= 11 is 1.38. The zero-order valence-electron chi connectivity index (χ0n) is 49.0. The molecule has 0 heterocycles. The third-order valence-electron chi connectivity index (χ3n) is 13.8. The van der Waals surface area contributed by atoms with Crippen LogP contribution in [0.5, 0.6) is 5.75 Å². The fraction of sp³-hybridized carbons (Fsp3) is 0.614. The van der Waals surface area contributed by atoms with Crippen molar-refractivity contribution >= 4 is 70.8 Å². The lowest BCUT2D eigenvalue weighted by Crippen LogP contribution is -2.62. The number of nitrogens with one attached hydrogen (secondary N) is 9. The molecule has 0 aliphatic carbocycles. The predicted octanol–water partition coefficient (Wildman–Crippen LogP) is -0.204. The normalized spacial score (nSPS) is 15.3. The lowest BCUT2D eigenvalue weighted by molar-refractivity contribution is -0.137. The van der Waals surface area contributed by atoms with Crippen molar-refractivity contribution in [2.45, 2.75) is 180 Å². The molecule has 17 N–H and O–H groups in total. The molecule has 2 aromatic rings. The van der Waals surface area contributed by atoms with E-state index in [0.29, 0.717) is 55.5 Å². The van der Waals surface area contributed by atoms with Gasteiger partial charge in [-0.2, -0.15) is 11.8 Å². The van der Waals surface area contributed by atoms with E-state index >= 15 is 0 Å². The minimum absolute atomic E-state index is 0.0280. The van der Waals surface area contributed by atoms with Gasteiger partial charge in [0.1, 0.15) is 60.1 Å². The maximum absolute atomic E-state index is 14.6. The van der Waals surface area contributed by atoms with Gasteiger partial charge < -0.3 is 75.3 Å². The number of hydrogen-bond donors (Lipinski definition) is 14. The minimum Gasteiger partial charge on any atom is -0.508 e. The lowest BCUT2D eigenvalue weighted by Gasteiger charge is -2.30. The molecule has 0 spiro atoms. The van der Waals surface area contributed by atoms with E-state index in [0.717, 1.165) is 0 Å². The van der Waals surface area contributed by atoms with E-state index in [1.54, 1.807) is 83.3 Å². The summed E-state index contributed by atoms with van der Waals surface area (Å²) < 4.78 is 0. The molecule has 0 unspecified atom stereocenters. The third-order valence-corrected chi connectivity index (χ3v) is 14.4. The number of primary amides is 1. The number of nitrogens with two attached hydrogens (primary N) is 3. The Hall–Kier alpha value is -6.83. The van der Waals surface area contributed by atoms with Gasteiger partial charge in [0.25, 0.3) is 0 Å². The zero-order valence-corrected chi connectivity index (χ0v) is 49.8. The number of aliphatic hydroxyl groups excluding tert-OH is 1. The number of carbonyl (C=O) groups is 10. The summed E-state index contributed by atoms with van der Waals surface area (Å²) in [5, 5.41) is 44.8. The van der Waals surface area contributed by atoms with Crippen LogP contribution in [-0.2, 0) is 60.8 Å². The van der Waals surface area contributed by atoms with Gasteiger partial charge in [-0.25, -0.2) is 0 Å². The smallest absolute Gasteiger partial charge is 0.245 e. The summed E-state index contributed by atoms with van der Waals surface area (Å²) in [6, 6.07) is 3.28. The van der Waals surface area contributed by atoms with E-state index in [2.05, 4.69) is 47.9 Å². The van der Waals surface area contributed by atoms with E-state index < -0.39 is 131 Å². The number of thioether (sulfide) groups is 1. The molecule has 82 heavy (non-hydrogen) atoms. The van der Waals surface area contributed by atoms with Crippen LogP contribution in [0.15, 0.2) is 54.6 Å². The maximum Gasteiger partial charge on any atom is 0.245 e. The lowest BCUT2D eigenvalue weighted by atomic mass is 9.97. The van der Waals surface area contributed by atoms with Gasteiger partial charge in [-0.1, -0.05) is 90.4 Å². The Morgan fingerprint density at radius 3 is 1.35 bits per heavy atom. The molecule has 10 amide bonds. The van der Waals surface area contributed by atoms with Crippen molar-refractivity contribution in [1.29, 1.82) is 0 Å². The highest BCUT2D eigenvalue weighted by Crippen LogP contribution is 2.16. The second-order valence-corrected chi connectivity index (χ2v) is 22.4. The summed E-state index contributed by atoms with van der Waals surface area (Å²) in [5.74, 6) is -8.61. The van der Waals surface area contributed by atoms with Crippen LogP contribution >= 0.6 is 11.8 Å². The number of amides is 10. The molecule has 0 bridgehead atoms. The molecular weight excluding hydrogens is 1080 g/mol. The highest BCUT2D eigenvalue weighted by molar-refractivity contribution is 7.98. The fourth-order valence-electron chi connectivity index (χ4n) is 8.66.